The minimum atomic E-state index is -0.147. The van der Waals surface area contributed by atoms with Gasteiger partial charge < -0.3 is 15.1 Å². The molecule has 3 rings (SSSR count). The summed E-state index contributed by atoms with van der Waals surface area (Å²) in [5, 5.41) is 3.51. The molecule has 1 fully saturated rings. The maximum absolute atomic E-state index is 12.5. The average Bonchev–Trinajstić information content (AvgIpc) is 2.97. The lowest BCUT2D eigenvalue weighted by Gasteiger charge is -2.22. The van der Waals surface area contributed by atoms with Crippen molar-refractivity contribution < 1.29 is 9.59 Å². The second kappa shape index (κ2) is 10.1. The number of aryl methyl sites for hydroxylation is 1. The number of nitrogens with zero attached hydrogens (tertiary/aromatic N) is 3. The van der Waals surface area contributed by atoms with Crippen LogP contribution in [0.3, 0.4) is 0 Å². The maximum Gasteiger partial charge on any atom is 0.321 e. The van der Waals surface area contributed by atoms with E-state index in [-0.39, 0.29) is 11.9 Å². The fourth-order valence-electron chi connectivity index (χ4n) is 3.23. The molecule has 0 spiro atoms. The van der Waals surface area contributed by atoms with Crippen LogP contribution in [0, 0.1) is 0 Å². The van der Waals surface area contributed by atoms with Gasteiger partial charge in [-0.25, -0.2) is 4.79 Å². The summed E-state index contributed by atoms with van der Waals surface area (Å²) in [4.78, 5) is 32.9. The molecule has 0 atom stereocenters. The molecule has 6 nitrogen and oxygen atoms in total. The van der Waals surface area contributed by atoms with Gasteiger partial charge in [0, 0.05) is 55.2 Å². The Hall–Kier alpha value is -2.60. The Morgan fingerprint density at radius 3 is 2.50 bits per heavy atom. The summed E-state index contributed by atoms with van der Waals surface area (Å²) < 4.78 is 0. The molecule has 1 aliphatic rings. The molecule has 28 heavy (non-hydrogen) atoms. The summed E-state index contributed by atoms with van der Waals surface area (Å²) in [6, 6.07) is 12.7. The zero-order valence-electron chi connectivity index (χ0n) is 15.8. The Morgan fingerprint density at radius 1 is 1.00 bits per heavy atom. The molecule has 0 aliphatic carbocycles. The van der Waals surface area contributed by atoms with Gasteiger partial charge in [-0.3, -0.25) is 9.78 Å². The van der Waals surface area contributed by atoms with E-state index in [4.69, 9.17) is 11.6 Å². The number of benzene rings is 1. The van der Waals surface area contributed by atoms with E-state index in [1.54, 1.807) is 35.4 Å². The van der Waals surface area contributed by atoms with E-state index >= 15 is 0 Å². The molecule has 2 aromatic rings. The molecule has 1 aromatic carbocycles. The van der Waals surface area contributed by atoms with E-state index in [0.29, 0.717) is 43.3 Å². The summed E-state index contributed by atoms with van der Waals surface area (Å²) in [5.74, 6) is 0.149. The molecule has 1 aliphatic heterocycles. The van der Waals surface area contributed by atoms with Crippen LogP contribution in [0.1, 0.15) is 25.0 Å². The molecule has 0 bridgehead atoms. The highest BCUT2D eigenvalue weighted by molar-refractivity contribution is 6.30. The van der Waals surface area contributed by atoms with Crippen molar-refractivity contribution >= 4 is 29.2 Å². The first-order valence-corrected chi connectivity index (χ1v) is 9.99. The Kier molecular flexibility index (Phi) is 7.25. The zero-order valence-corrected chi connectivity index (χ0v) is 16.6. The lowest BCUT2D eigenvalue weighted by Crippen LogP contribution is -2.39. The average molecular weight is 401 g/mol. The van der Waals surface area contributed by atoms with Gasteiger partial charge in [0.05, 0.1) is 0 Å². The first-order chi connectivity index (χ1) is 13.6. The topological polar surface area (TPSA) is 65.5 Å². The number of nitrogens with one attached hydrogen (secondary N) is 1. The van der Waals surface area contributed by atoms with Crippen molar-refractivity contribution in [2.45, 2.75) is 25.7 Å². The molecule has 0 unspecified atom stereocenters. The second-order valence-electron chi connectivity index (χ2n) is 6.83. The SMILES string of the molecule is O=C(CCCc1ccccn1)N1CCCN(C(=O)Nc2ccc(Cl)cc2)CC1. The van der Waals surface area contributed by atoms with Gasteiger partial charge in [0.25, 0.3) is 0 Å². The number of hydrogen-bond donors (Lipinski definition) is 1. The Morgan fingerprint density at radius 2 is 1.75 bits per heavy atom. The standard InChI is InChI=1S/C21H25ClN4O2/c22-17-8-10-19(11-9-17)24-21(28)26-14-4-13-25(15-16-26)20(27)7-3-6-18-5-1-2-12-23-18/h1-2,5,8-12H,3-4,6-7,13-16H2,(H,24,28). The van der Waals surface area contributed by atoms with Crippen molar-refractivity contribution in [2.24, 2.45) is 0 Å². The number of halogens is 1. The van der Waals surface area contributed by atoms with E-state index < -0.39 is 0 Å². The van der Waals surface area contributed by atoms with Crippen molar-refractivity contribution in [3.63, 3.8) is 0 Å². The highest BCUT2D eigenvalue weighted by atomic mass is 35.5. The van der Waals surface area contributed by atoms with Crippen molar-refractivity contribution in [1.82, 2.24) is 14.8 Å². The number of urea groups is 1. The first-order valence-electron chi connectivity index (χ1n) is 9.61. The number of hydrogen-bond acceptors (Lipinski definition) is 3. The van der Waals surface area contributed by atoms with Crippen LogP contribution in [0.5, 0.6) is 0 Å². The van der Waals surface area contributed by atoms with Gasteiger partial charge in [0.1, 0.15) is 0 Å². The number of anilines is 1. The highest BCUT2D eigenvalue weighted by Crippen LogP contribution is 2.15. The minimum Gasteiger partial charge on any atom is -0.341 e. The van der Waals surface area contributed by atoms with Crippen molar-refractivity contribution in [1.29, 1.82) is 0 Å². The normalized spacial score (nSPS) is 14.5. The number of carbonyl (C=O) groups excluding carboxylic acids is 2. The molecule has 0 radical (unpaired) electrons. The van der Waals surface area contributed by atoms with Crippen LogP contribution >= 0.6 is 11.6 Å². The summed E-state index contributed by atoms with van der Waals surface area (Å²) in [7, 11) is 0. The second-order valence-corrected chi connectivity index (χ2v) is 7.27. The molecular formula is C21H25ClN4O2. The lowest BCUT2D eigenvalue weighted by molar-refractivity contribution is -0.131. The van der Waals surface area contributed by atoms with Gasteiger partial charge in [0.2, 0.25) is 5.91 Å². The summed E-state index contributed by atoms with van der Waals surface area (Å²) in [5.41, 5.74) is 1.72. The lowest BCUT2D eigenvalue weighted by atomic mass is 10.1. The van der Waals surface area contributed by atoms with Crippen LogP contribution in [0.2, 0.25) is 5.02 Å². The predicted octanol–water partition coefficient (Wildman–Crippen LogP) is 3.82. The molecule has 1 saturated heterocycles. The highest BCUT2D eigenvalue weighted by Gasteiger charge is 2.21. The zero-order chi connectivity index (χ0) is 19.8. The van der Waals surface area contributed by atoms with E-state index in [2.05, 4.69) is 10.3 Å². The van der Waals surface area contributed by atoms with Gasteiger partial charge in [-0.1, -0.05) is 17.7 Å². The number of amides is 3. The largest absolute Gasteiger partial charge is 0.341 e. The fourth-order valence-corrected chi connectivity index (χ4v) is 3.36. The van der Waals surface area contributed by atoms with Gasteiger partial charge in [-0.15, -0.1) is 0 Å². The van der Waals surface area contributed by atoms with E-state index in [1.165, 1.54) is 0 Å². The molecule has 7 heteroatoms. The summed E-state index contributed by atoms with van der Waals surface area (Å²) >= 11 is 5.87. The molecule has 3 amide bonds. The quantitative estimate of drug-likeness (QED) is 0.829. The minimum absolute atomic E-state index is 0.147. The number of pyridine rings is 1. The van der Waals surface area contributed by atoms with Crippen LogP contribution in [0.4, 0.5) is 10.5 Å². The molecule has 2 heterocycles. The van der Waals surface area contributed by atoms with Gasteiger partial charge >= 0.3 is 6.03 Å². The van der Waals surface area contributed by atoms with E-state index in [1.807, 2.05) is 23.1 Å². The van der Waals surface area contributed by atoms with Crippen LogP contribution in [0.15, 0.2) is 48.7 Å². The van der Waals surface area contributed by atoms with Gasteiger partial charge in [0.15, 0.2) is 0 Å². The number of rotatable bonds is 5. The van der Waals surface area contributed by atoms with Crippen LogP contribution in [0.25, 0.3) is 0 Å². The van der Waals surface area contributed by atoms with Crippen LogP contribution < -0.4 is 5.32 Å². The summed E-state index contributed by atoms with van der Waals surface area (Å²) in [6.07, 6.45) is 4.65. The number of aromatic nitrogens is 1. The Bertz CT molecular complexity index is 783. The third kappa shape index (κ3) is 5.96. The maximum atomic E-state index is 12.5. The Labute approximate surface area is 170 Å². The van der Waals surface area contributed by atoms with Crippen molar-refractivity contribution in [3.05, 3.63) is 59.4 Å². The van der Waals surface area contributed by atoms with E-state index in [0.717, 1.165) is 25.0 Å². The molecule has 0 saturated carbocycles. The molecule has 1 N–H and O–H groups in total. The fraction of sp³-hybridized carbons (Fsp3) is 0.381. The third-order valence-electron chi connectivity index (χ3n) is 4.78. The van der Waals surface area contributed by atoms with Gasteiger partial charge in [-0.2, -0.15) is 0 Å². The van der Waals surface area contributed by atoms with Gasteiger partial charge in [-0.05, 0) is 55.7 Å². The third-order valence-corrected chi connectivity index (χ3v) is 5.03. The van der Waals surface area contributed by atoms with Crippen molar-refractivity contribution in [3.8, 4) is 0 Å². The number of carbonyl (C=O) groups is 2. The van der Waals surface area contributed by atoms with E-state index in [9.17, 15) is 9.59 Å². The monoisotopic (exact) mass is 400 g/mol. The Balaban J connectivity index is 1.43. The molecule has 148 valence electrons. The first kappa shape index (κ1) is 20.1. The molecular weight excluding hydrogens is 376 g/mol. The summed E-state index contributed by atoms with van der Waals surface area (Å²) in [6.45, 7) is 2.42. The molecule has 1 aromatic heterocycles. The van der Waals surface area contributed by atoms with Crippen molar-refractivity contribution in [2.75, 3.05) is 31.5 Å². The predicted molar refractivity (Wildman–Crippen MR) is 110 cm³/mol. The smallest absolute Gasteiger partial charge is 0.321 e. The van der Waals surface area contributed by atoms with Crippen LogP contribution in [-0.4, -0.2) is 52.9 Å². The van der Waals surface area contributed by atoms with Crippen LogP contribution in [-0.2, 0) is 11.2 Å².